The van der Waals surface area contributed by atoms with E-state index in [-0.39, 0.29) is 18.2 Å². The van der Waals surface area contributed by atoms with E-state index in [1.165, 1.54) is 9.78 Å². The van der Waals surface area contributed by atoms with Gasteiger partial charge in [0.05, 0.1) is 10.5 Å². The Morgan fingerprint density at radius 2 is 2.15 bits per heavy atom. The molecule has 0 radical (unpaired) electrons. The summed E-state index contributed by atoms with van der Waals surface area (Å²) < 4.78 is 23.7. The average molecular weight is 401 g/mol. The smallest absolute Gasteiger partial charge is 0.243 e. The maximum atomic E-state index is 12.3. The van der Waals surface area contributed by atoms with E-state index in [0.29, 0.717) is 25.6 Å². The van der Waals surface area contributed by atoms with Gasteiger partial charge < -0.3 is 15.1 Å². The third kappa shape index (κ3) is 5.20. The molecule has 1 fully saturated rings. The van der Waals surface area contributed by atoms with Crippen molar-refractivity contribution in [2.45, 2.75) is 25.0 Å². The predicted molar refractivity (Wildman–Crippen MR) is 106 cm³/mol. The molecule has 1 aromatic rings. The van der Waals surface area contributed by atoms with Crippen molar-refractivity contribution in [1.29, 1.82) is 0 Å². The number of rotatable bonds is 5. The van der Waals surface area contributed by atoms with Crippen LogP contribution in [0.15, 0.2) is 22.5 Å². The zero-order valence-corrected chi connectivity index (χ0v) is 17.5. The van der Waals surface area contributed by atoms with Crippen LogP contribution >= 0.6 is 11.3 Å². The number of hydrogen-bond donors (Lipinski definition) is 1. The molecule has 0 aromatic carbocycles. The highest BCUT2D eigenvalue weighted by atomic mass is 32.2. The molecule has 9 heteroatoms. The van der Waals surface area contributed by atoms with Crippen molar-refractivity contribution >= 4 is 33.0 Å². The van der Waals surface area contributed by atoms with E-state index in [0.717, 1.165) is 6.42 Å². The molecule has 0 spiro atoms. The van der Waals surface area contributed by atoms with Crippen LogP contribution in [0.2, 0.25) is 0 Å². The summed E-state index contributed by atoms with van der Waals surface area (Å²) in [5.74, 6) is 0.596. The Kier molecular flexibility index (Phi) is 6.68. The van der Waals surface area contributed by atoms with E-state index >= 15 is 0 Å². The third-order valence-electron chi connectivity index (χ3n) is 4.44. The van der Waals surface area contributed by atoms with Crippen LogP contribution in [0.25, 0.3) is 0 Å². The molecule has 146 valence electrons. The van der Waals surface area contributed by atoms with E-state index < -0.39 is 14.6 Å². The first-order valence-electron chi connectivity index (χ1n) is 8.60. The standard InChI is InChI=1S/C17H28N4O3S2/c1-17(2)13-21(9-11-26(17,23)24)16(19-12-15(22)20(3)4)18-8-7-14-6-5-10-25-14/h5-6,10H,7-9,11-13H2,1-4H3,(H,18,19). The summed E-state index contributed by atoms with van der Waals surface area (Å²) in [4.78, 5) is 21.1. The molecule has 1 aliphatic heterocycles. The average Bonchev–Trinajstić information content (AvgIpc) is 3.06. The third-order valence-corrected chi connectivity index (χ3v) is 7.91. The number of thiophene rings is 1. The summed E-state index contributed by atoms with van der Waals surface area (Å²) in [7, 11) is 0.260. The molecule has 0 unspecified atom stereocenters. The van der Waals surface area contributed by atoms with Gasteiger partial charge in [0, 0.05) is 38.6 Å². The lowest BCUT2D eigenvalue weighted by Crippen LogP contribution is -2.57. The second-order valence-electron chi connectivity index (χ2n) is 7.18. The molecule has 2 heterocycles. The summed E-state index contributed by atoms with van der Waals surface area (Å²) in [5.41, 5.74) is 0. The molecule has 7 nitrogen and oxygen atoms in total. The van der Waals surface area contributed by atoms with Crippen molar-refractivity contribution in [3.8, 4) is 0 Å². The lowest BCUT2D eigenvalue weighted by molar-refractivity contribution is -0.127. The Morgan fingerprint density at radius 3 is 2.73 bits per heavy atom. The number of hydrogen-bond acceptors (Lipinski definition) is 5. The summed E-state index contributed by atoms with van der Waals surface area (Å²) in [6.45, 7) is 4.94. The van der Waals surface area contributed by atoms with Crippen LogP contribution in [0.3, 0.4) is 0 Å². The van der Waals surface area contributed by atoms with Crippen LogP contribution in [-0.2, 0) is 21.1 Å². The Bertz CT molecular complexity index is 740. The van der Waals surface area contributed by atoms with Gasteiger partial charge in [0.15, 0.2) is 15.8 Å². The lowest BCUT2D eigenvalue weighted by atomic mass is 10.2. The minimum Gasteiger partial charge on any atom is -0.356 e. The number of carbonyl (C=O) groups is 1. The molecule has 0 saturated carbocycles. The zero-order valence-electron chi connectivity index (χ0n) is 15.9. The van der Waals surface area contributed by atoms with Gasteiger partial charge in [-0.3, -0.25) is 4.79 Å². The van der Waals surface area contributed by atoms with Gasteiger partial charge in [0.2, 0.25) is 5.91 Å². The molecule has 0 bridgehead atoms. The Hall–Kier alpha value is -1.61. The molecule has 2 rings (SSSR count). The topological polar surface area (TPSA) is 82.1 Å². The van der Waals surface area contributed by atoms with Crippen molar-refractivity contribution in [3.63, 3.8) is 0 Å². The Labute approximate surface area is 160 Å². The number of nitrogens with one attached hydrogen (secondary N) is 1. The van der Waals surface area contributed by atoms with Crippen LogP contribution in [0.1, 0.15) is 18.7 Å². The number of nitrogens with zero attached hydrogens (tertiary/aromatic N) is 3. The molecular formula is C17H28N4O3S2. The SMILES string of the molecule is CN(C)C(=O)CN=C(NCCc1cccs1)N1CCS(=O)(=O)C(C)(C)C1. The number of aliphatic imine (C=N–C) groups is 1. The molecule has 0 aliphatic carbocycles. The highest BCUT2D eigenvalue weighted by Gasteiger charge is 2.41. The molecule has 1 N–H and O–H groups in total. The van der Waals surface area contributed by atoms with Gasteiger partial charge in [-0.15, -0.1) is 11.3 Å². The Balaban J connectivity index is 2.09. The number of carbonyl (C=O) groups excluding carboxylic acids is 1. The van der Waals surface area contributed by atoms with Crippen LogP contribution in [-0.4, -0.2) is 80.9 Å². The highest BCUT2D eigenvalue weighted by molar-refractivity contribution is 7.92. The largest absolute Gasteiger partial charge is 0.356 e. The van der Waals surface area contributed by atoms with Crippen LogP contribution in [0.5, 0.6) is 0 Å². The number of amides is 1. The van der Waals surface area contributed by atoms with Crippen molar-refractivity contribution in [1.82, 2.24) is 15.1 Å². The quantitative estimate of drug-likeness (QED) is 0.585. The fourth-order valence-electron chi connectivity index (χ4n) is 2.63. The second kappa shape index (κ2) is 8.39. The van der Waals surface area contributed by atoms with Crippen molar-refractivity contribution in [3.05, 3.63) is 22.4 Å². The first-order chi connectivity index (χ1) is 12.1. The van der Waals surface area contributed by atoms with Crippen molar-refractivity contribution in [2.75, 3.05) is 46.0 Å². The minimum absolute atomic E-state index is 0.0397. The van der Waals surface area contributed by atoms with E-state index in [1.807, 2.05) is 16.3 Å². The van der Waals surface area contributed by atoms with Crippen LogP contribution < -0.4 is 5.32 Å². The summed E-state index contributed by atoms with van der Waals surface area (Å²) in [6.07, 6.45) is 0.855. The first kappa shape index (κ1) is 20.7. The van der Waals surface area contributed by atoms with Crippen molar-refractivity contribution < 1.29 is 13.2 Å². The van der Waals surface area contributed by atoms with E-state index in [2.05, 4.69) is 16.4 Å². The summed E-state index contributed by atoms with van der Waals surface area (Å²) >= 11 is 1.70. The molecule has 1 aliphatic rings. The molecule has 1 amide bonds. The van der Waals surface area contributed by atoms with Crippen LogP contribution in [0, 0.1) is 0 Å². The molecule has 0 atom stereocenters. The van der Waals surface area contributed by atoms with Crippen LogP contribution in [0.4, 0.5) is 0 Å². The summed E-state index contributed by atoms with van der Waals surface area (Å²) in [5, 5.41) is 5.34. The van der Waals surface area contributed by atoms with Gasteiger partial charge in [0.25, 0.3) is 0 Å². The van der Waals surface area contributed by atoms with Crippen molar-refractivity contribution in [2.24, 2.45) is 4.99 Å². The predicted octanol–water partition coefficient (Wildman–Crippen LogP) is 0.833. The van der Waals surface area contributed by atoms with E-state index in [9.17, 15) is 13.2 Å². The first-order valence-corrected chi connectivity index (χ1v) is 11.1. The number of likely N-dealkylation sites (N-methyl/N-ethyl adjacent to an activating group) is 1. The maximum absolute atomic E-state index is 12.3. The van der Waals surface area contributed by atoms with Gasteiger partial charge in [-0.05, 0) is 31.7 Å². The summed E-state index contributed by atoms with van der Waals surface area (Å²) in [6, 6.07) is 4.10. The fraction of sp³-hybridized carbons (Fsp3) is 0.647. The number of guanidine groups is 1. The minimum atomic E-state index is -3.13. The molecule has 26 heavy (non-hydrogen) atoms. The van der Waals surface area contributed by atoms with Gasteiger partial charge >= 0.3 is 0 Å². The van der Waals surface area contributed by atoms with Gasteiger partial charge in [-0.2, -0.15) is 0 Å². The zero-order chi connectivity index (χ0) is 19.4. The monoisotopic (exact) mass is 400 g/mol. The fourth-order valence-corrected chi connectivity index (χ4v) is 4.70. The highest BCUT2D eigenvalue weighted by Crippen LogP contribution is 2.23. The molecule has 1 aromatic heterocycles. The maximum Gasteiger partial charge on any atom is 0.243 e. The van der Waals surface area contributed by atoms with E-state index in [1.54, 1.807) is 39.3 Å². The van der Waals surface area contributed by atoms with Gasteiger partial charge in [-0.1, -0.05) is 6.07 Å². The van der Waals surface area contributed by atoms with Gasteiger partial charge in [-0.25, -0.2) is 13.4 Å². The van der Waals surface area contributed by atoms with E-state index in [4.69, 9.17) is 0 Å². The Morgan fingerprint density at radius 1 is 1.42 bits per heavy atom. The van der Waals surface area contributed by atoms with Gasteiger partial charge in [0.1, 0.15) is 6.54 Å². The lowest BCUT2D eigenvalue weighted by Gasteiger charge is -2.39. The molecule has 1 saturated heterocycles. The molecular weight excluding hydrogens is 372 g/mol. The number of sulfone groups is 1. The second-order valence-corrected chi connectivity index (χ2v) is 11.0. The normalized spacial score (nSPS) is 19.2.